The minimum absolute atomic E-state index is 0.0224. The minimum Gasteiger partial charge on any atom is -0.375 e. The third kappa shape index (κ3) is 4.26. The summed E-state index contributed by atoms with van der Waals surface area (Å²) in [6.45, 7) is 1.84. The van der Waals surface area contributed by atoms with Gasteiger partial charge in [0.05, 0.1) is 18.0 Å². The van der Waals surface area contributed by atoms with E-state index in [1.54, 1.807) is 13.0 Å². The number of carbonyl (C=O) groups excluding carboxylic acids is 1. The number of aryl methyl sites for hydroxylation is 1. The summed E-state index contributed by atoms with van der Waals surface area (Å²) in [5.41, 5.74) is 1.15. The summed E-state index contributed by atoms with van der Waals surface area (Å²) in [5.74, 6) is 2.04. The lowest BCUT2D eigenvalue weighted by atomic mass is 10.2. The number of nitrogens with zero attached hydrogens (tertiary/aromatic N) is 1. The fourth-order valence-corrected chi connectivity index (χ4v) is 1.86. The molecule has 0 aromatic heterocycles. The molecule has 0 saturated carbocycles. The lowest BCUT2D eigenvalue weighted by Gasteiger charge is -2.09. The first-order valence-corrected chi connectivity index (χ1v) is 6.13. The van der Waals surface area contributed by atoms with Gasteiger partial charge in [0, 0.05) is 21.8 Å². The van der Waals surface area contributed by atoms with Crippen LogP contribution >= 0.6 is 15.9 Å². The second kappa shape index (κ2) is 6.75. The Morgan fingerprint density at radius 2 is 2.26 bits per heavy atom. The lowest BCUT2D eigenvalue weighted by molar-refractivity contribution is -0.385. The fraction of sp³-hybridized carbons (Fsp3) is 0.250. The molecule has 0 aliphatic rings. The standard InChI is InChI=1S/C12H12BrN3O3/c1-3-4-14-12(17)7-15-10-5-8(2)11(16(18)19)6-9(10)13/h1,5-6,15H,4,7H2,2H3,(H,14,17). The van der Waals surface area contributed by atoms with E-state index in [2.05, 4.69) is 32.5 Å². The first-order chi connectivity index (χ1) is 8.95. The molecule has 100 valence electrons. The van der Waals surface area contributed by atoms with Gasteiger partial charge in [0.2, 0.25) is 5.91 Å². The van der Waals surface area contributed by atoms with E-state index in [-0.39, 0.29) is 24.7 Å². The molecule has 0 heterocycles. The Morgan fingerprint density at radius 1 is 1.58 bits per heavy atom. The number of amides is 1. The molecule has 19 heavy (non-hydrogen) atoms. The number of nitro groups is 1. The average molecular weight is 326 g/mol. The zero-order chi connectivity index (χ0) is 14.4. The van der Waals surface area contributed by atoms with Crippen molar-refractivity contribution >= 4 is 33.2 Å². The van der Waals surface area contributed by atoms with E-state index in [9.17, 15) is 14.9 Å². The smallest absolute Gasteiger partial charge is 0.273 e. The van der Waals surface area contributed by atoms with Gasteiger partial charge in [-0.25, -0.2) is 0 Å². The molecule has 0 unspecified atom stereocenters. The lowest BCUT2D eigenvalue weighted by Crippen LogP contribution is -2.30. The van der Waals surface area contributed by atoms with E-state index in [1.807, 2.05) is 0 Å². The van der Waals surface area contributed by atoms with E-state index in [4.69, 9.17) is 6.42 Å². The van der Waals surface area contributed by atoms with Gasteiger partial charge in [0.15, 0.2) is 0 Å². The normalized spacial score (nSPS) is 9.53. The van der Waals surface area contributed by atoms with Crippen molar-refractivity contribution in [2.45, 2.75) is 6.92 Å². The Morgan fingerprint density at radius 3 is 2.84 bits per heavy atom. The van der Waals surface area contributed by atoms with Crippen LogP contribution in [0.2, 0.25) is 0 Å². The maximum absolute atomic E-state index is 11.4. The average Bonchev–Trinajstić information content (AvgIpc) is 2.36. The molecule has 0 radical (unpaired) electrons. The molecule has 1 aromatic rings. The molecule has 0 atom stereocenters. The van der Waals surface area contributed by atoms with Crippen molar-refractivity contribution < 1.29 is 9.72 Å². The van der Waals surface area contributed by atoms with Crippen molar-refractivity contribution in [2.75, 3.05) is 18.4 Å². The topological polar surface area (TPSA) is 84.3 Å². The van der Waals surface area contributed by atoms with Crippen LogP contribution in [-0.4, -0.2) is 23.9 Å². The number of benzene rings is 1. The zero-order valence-corrected chi connectivity index (χ0v) is 11.8. The van der Waals surface area contributed by atoms with Gasteiger partial charge in [-0.15, -0.1) is 6.42 Å². The number of nitrogens with one attached hydrogen (secondary N) is 2. The molecule has 0 spiro atoms. The van der Waals surface area contributed by atoms with E-state index in [1.165, 1.54) is 6.07 Å². The summed E-state index contributed by atoms with van der Waals surface area (Å²) in [5, 5.41) is 16.1. The third-order valence-electron chi connectivity index (χ3n) is 2.31. The summed E-state index contributed by atoms with van der Waals surface area (Å²) >= 11 is 3.22. The van der Waals surface area contributed by atoms with Crippen molar-refractivity contribution in [1.29, 1.82) is 0 Å². The Hall–Kier alpha value is -2.07. The molecule has 0 fully saturated rings. The molecular formula is C12H12BrN3O3. The number of hydrogen-bond donors (Lipinski definition) is 2. The van der Waals surface area contributed by atoms with Crippen LogP contribution in [0, 0.1) is 29.4 Å². The summed E-state index contributed by atoms with van der Waals surface area (Å²) < 4.78 is 0.523. The molecular weight excluding hydrogens is 314 g/mol. The van der Waals surface area contributed by atoms with E-state index in [0.29, 0.717) is 15.7 Å². The molecule has 0 bridgehead atoms. The molecule has 6 nitrogen and oxygen atoms in total. The minimum atomic E-state index is -0.455. The molecule has 1 amide bonds. The molecule has 2 N–H and O–H groups in total. The number of hydrogen-bond acceptors (Lipinski definition) is 4. The number of carbonyl (C=O) groups is 1. The number of halogens is 1. The molecule has 0 aliphatic carbocycles. The second-order valence-electron chi connectivity index (χ2n) is 3.71. The summed E-state index contributed by atoms with van der Waals surface area (Å²) in [6, 6.07) is 3.01. The van der Waals surface area contributed by atoms with Gasteiger partial charge < -0.3 is 10.6 Å². The Kier molecular flexibility index (Phi) is 5.33. The van der Waals surface area contributed by atoms with E-state index < -0.39 is 4.92 Å². The second-order valence-corrected chi connectivity index (χ2v) is 4.56. The SMILES string of the molecule is C#CCNC(=O)CNc1cc(C)c([N+](=O)[O-])cc1Br. The first kappa shape index (κ1) is 15.0. The number of rotatable bonds is 5. The van der Waals surface area contributed by atoms with Crippen LogP contribution in [0.5, 0.6) is 0 Å². The molecule has 1 rings (SSSR count). The molecule has 7 heteroatoms. The predicted octanol–water partition coefficient (Wildman–Crippen LogP) is 1.83. The Bertz CT molecular complexity index is 552. The highest BCUT2D eigenvalue weighted by Crippen LogP contribution is 2.30. The molecule has 0 aliphatic heterocycles. The maximum atomic E-state index is 11.4. The predicted molar refractivity (Wildman–Crippen MR) is 75.9 cm³/mol. The van der Waals surface area contributed by atoms with Gasteiger partial charge in [0.1, 0.15) is 0 Å². The van der Waals surface area contributed by atoms with Gasteiger partial charge >= 0.3 is 0 Å². The summed E-state index contributed by atoms with van der Waals surface area (Å²) in [4.78, 5) is 21.7. The largest absolute Gasteiger partial charge is 0.375 e. The summed E-state index contributed by atoms with van der Waals surface area (Å²) in [7, 11) is 0. The van der Waals surface area contributed by atoms with Crippen molar-refractivity contribution in [2.24, 2.45) is 0 Å². The van der Waals surface area contributed by atoms with Gasteiger partial charge in [-0.1, -0.05) is 5.92 Å². The monoisotopic (exact) mass is 325 g/mol. The highest BCUT2D eigenvalue weighted by Gasteiger charge is 2.14. The van der Waals surface area contributed by atoms with Crippen molar-refractivity contribution in [3.8, 4) is 12.3 Å². The van der Waals surface area contributed by atoms with Crippen LogP contribution in [0.3, 0.4) is 0 Å². The van der Waals surface area contributed by atoms with Crippen LogP contribution in [0.1, 0.15) is 5.56 Å². The fourth-order valence-electron chi connectivity index (χ4n) is 1.39. The summed E-state index contributed by atoms with van der Waals surface area (Å²) in [6.07, 6.45) is 5.02. The number of anilines is 1. The van der Waals surface area contributed by atoms with E-state index >= 15 is 0 Å². The Balaban J connectivity index is 2.75. The third-order valence-corrected chi connectivity index (χ3v) is 2.97. The van der Waals surface area contributed by atoms with Crippen LogP contribution in [0.4, 0.5) is 11.4 Å². The zero-order valence-electron chi connectivity index (χ0n) is 10.2. The maximum Gasteiger partial charge on any atom is 0.273 e. The first-order valence-electron chi connectivity index (χ1n) is 5.34. The van der Waals surface area contributed by atoms with Gasteiger partial charge in [-0.2, -0.15) is 0 Å². The Labute approximate surface area is 118 Å². The molecule has 0 saturated heterocycles. The van der Waals surface area contributed by atoms with Crippen LogP contribution < -0.4 is 10.6 Å². The van der Waals surface area contributed by atoms with Gasteiger partial charge in [-0.3, -0.25) is 14.9 Å². The van der Waals surface area contributed by atoms with E-state index in [0.717, 1.165) is 0 Å². The van der Waals surface area contributed by atoms with Gasteiger partial charge in [0.25, 0.3) is 5.69 Å². The highest BCUT2D eigenvalue weighted by atomic mass is 79.9. The number of nitro benzene ring substituents is 1. The van der Waals surface area contributed by atoms with Gasteiger partial charge in [-0.05, 0) is 28.9 Å². The van der Waals surface area contributed by atoms with Crippen LogP contribution in [0.25, 0.3) is 0 Å². The van der Waals surface area contributed by atoms with Crippen LogP contribution in [-0.2, 0) is 4.79 Å². The highest BCUT2D eigenvalue weighted by molar-refractivity contribution is 9.10. The number of terminal acetylenes is 1. The quantitative estimate of drug-likeness (QED) is 0.491. The van der Waals surface area contributed by atoms with Crippen molar-refractivity contribution in [3.05, 3.63) is 32.3 Å². The van der Waals surface area contributed by atoms with Crippen molar-refractivity contribution in [3.63, 3.8) is 0 Å². The van der Waals surface area contributed by atoms with Crippen molar-refractivity contribution in [1.82, 2.24) is 5.32 Å². The van der Waals surface area contributed by atoms with Crippen LogP contribution in [0.15, 0.2) is 16.6 Å². The molecule has 1 aromatic carbocycles.